The average Bonchev–Trinajstić information content (AvgIpc) is 2.93. The zero-order valence-corrected chi connectivity index (χ0v) is 16.1. The molecule has 0 aromatic carbocycles. The molecule has 1 aromatic heterocycles. The molecule has 2 aliphatic rings. The van der Waals surface area contributed by atoms with Gasteiger partial charge in [0, 0.05) is 39.3 Å². The van der Waals surface area contributed by atoms with Gasteiger partial charge in [0.25, 0.3) is 5.91 Å². The second kappa shape index (κ2) is 8.71. The first-order valence-electron chi connectivity index (χ1n) is 9.91. The molecule has 3 heterocycles. The zero-order valence-electron chi connectivity index (χ0n) is 16.1. The molecule has 26 heavy (non-hydrogen) atoms. The van der Waals surface area contributed by atoms with Crippen LogP contribution in [0.4, 0.5) is 0 Å². The van der Waals surface area contributed by atoms with Gasteiger partial charge in [-0.2, -0.15) is 0 Å². The van der Waals surface area contributed by atoms with Gasteiger partial charge in [-0.1, -0.05) is 19.3 Å². The number of carbonyl (C=O) groups excluding carboxylic acids is 2. The van der Waals surface area contributed by atoms with E-state index in [4.69, 9.17) is 4.42 Å². The van der Waals surface area contributed by atoms with Crippen molar-refractivity contribution in [3.63, 3.8) is 0 Å². The van der Waals surface area contributed by atoms with Crippen molar-refractivity contribution in [3.8, 4) is 0 Å². The summed E-state index contributed by atoms with van der Waals surface area (Å²) in [4.78, 5) is 31.3. The van der Waals surface area contributed by atoms with Gasteiger partial charge < -0.3 is 14.2 Å². The van der Waals surface area contributed by atoms with Crippen molar-refractivity contribution in [1.29, 1.82) is 0 Å². The fourth-order valence-electron chi connectivity index (χ4n) is 3.91. The van der Waals surface area contributed by atoms with Crippen molar-refractivity contribution in [2.24, 2.45) is 0 Å². The van der Waals surface area contributed by atoms with Gasteiger partial charge in [0.15, 0.2) is 0 Å². The standard InChI is InChI=1S/C20H31N3O3/c1-16-14-18(17(2)26-16)20(25)23-12-10-21(11-13-23)15-19(24)22-8-6-4-3-5-7-9-22/h14H,3-13,15H2,1-2H3. The highest BCUT2D eigenvalue weighted by Crippen LogP contribution is 2.17. The van der Waals surface area contributed by atoms with Crippen molar-refractivity contribution in [3.05, 3.63) is 23.2 Å². The van der Waals surface area contributed by atoms with Crippen molar-refractivity contribution < 1.29 is 14.0 Å². The molecule has 0 aliphatic carbocycles. The van der Waals surface area contributed by atoms with E-state index in [0.717, 1.165) is 44.8 Å². The molecule has 0 bridgehead atoms. The molecule has 1 aromatic rings. The number of hydrogen-bond donors (Lipinski definition) is 0. The van der Waals surface area contributed by atoms with Crippen LogP contribution in [0.5, 0.6) is 0 Å². The van der Waals surface area contributed by atoms with Gasteiger partial charge in [-0.3, -0.25) is 14.5 Å². The first-order valence-corrected chi connectivity index (χ1v) is 9.91. The number of piperazine rings is 1. The topological polar surface area (TPSA) is 57.0 Å². The molecule has 2 fully saturated rings. The number of carbonyl (C=O) groups is 2. The number of likely N-dealkylation sites (tertiary alicyclic amines) is 1. The molecule has 6 nitrogen and oxygen atoms in total. The van der Waals surface area contributed by atoms with E-state index >= 15 is 0 Å². The smallest absolute Gasteiger partial charge is 0.257 e. The Morgan fingerprint density at radius 2 is 1.50 bits per heavy atom. The first kappa shape index (κ1) is 19.0. The van der Waals surface area contributed by atoms with E-state index in [-0.39, 0.29) is 11.8 Å². The lowest BCUT2D eigenvalue weighted by Gasteiger charge is -2.35. The second-order valence-electron chi connectivity index (χ2n) is 7.54. The minimum atomic E-state index is 0.0362. The van der Waals surface area contributed by atoms with E-state index in [1.165, 1.54) is 19.3 Å². The Bertz CT molecular complexity index is 624. The molecule has 0 N–H and O–H groups in total. The Balaban J connectivity index is 1.48. The first-order chi connectivity index (χ1) is 12.5. The third-order valence-corrected chi connectivity index (χ3v) is 5.50. The van der Waals surface area contributed by atoms with Crippen LogP contribution in [-0.2, 0) is 4.79 Å². The SMILES string of the molecule is Cc1cc(C(=O)N2CCN(CC(=O)N3CCCCCCC3)CC2)c(C)o1. The highest BCUT2D eigenvalue weighted by Gasteiger charge is 2.26. The molecule has 0 spiro atoms. The van der Waals surface area contributed by atoms with Crippen molar-refractivity contribution in [1.82, 2.24) is 14.7 Å². The van der Waals surface area contributed by atoms with E-state index in [0.29, 0.717) is 31.0 Å². The van der Waals surface area contributed by atoms with Gasteiger partial charge in [-0.05, 0) is 32.8 Å². The van der Waals surface area contributed by atoms with Crippen LogP contribution in [0.15, 0.2) is 10.5 Å². The van der Waals surface area contributed by atoms with E-state index in [2.05, 4.69) is 4.90 Å². The summed E-state index contributed by atoms with van der Waals surface area (Å²) < 4.78 is 5.48. The fourth-order valence-corrected chi connectivity index (χ4v) is 3.91. The van der Waals surface area contributed by atoms with Gasteiger partial charge in [0.2, 0.25) is 5.91 Å². The maximum Gasteiger partial charge on any atom is 0.257 e. The summed E-state index contributed by atoms with van der Waals surface area (Å²) in [6.45, 7) is 8.80. The average molecular weight is 361 g/mol. The Morgan fingerprint density at radius 1 is 0.885 bits per heavy atom. The van der Waals surface area contributed by atoms with E-state index < -0.39 is 0 Å². The number of nitrogens with zero attached hydrogens (tertiary/aromatic N) is 3. The normalized spacial score (nSPS) is 19.9. The summed E-state index contributed by atoms with van der Waals surface area (Å²) in [5, 5.41) is 0. The van der Waals surface area contributed by atoms with Crippen LogP contribution in [0.2, 0.25) is 0 Å². The van der Waals surface area contributed by atoms with Gasteiger partial charge in [0.1, 0.15) is 11.5 Å². The van der Waals surface area contributed by atoms with Gasteiger partial charge in [-0.15, -0.1) is 0 Å². The van der Waals surface area contributed by atoms with Crippen LogP contribution in [0.25, 0.3) is 0 Å². The highest BCUT2D eigenvalue weighted by atomic mass is 16.3. The molecule has 0 saturated carbocycles. The number of furan rings is 1. The van der Waals surface area contributed by atoms with Gasteiger partial charge in [0.05, 0.1) is 12.1 Å². The van der Waals surface area contributed by atoms with Crippen LogP contribution in [-0.4, -0.2) is 72.3 Å². The highest BCUT2D eigenvalue weighted by molar-refractivity contribution is 5.95. The molecular formula is C20H31N3O3. The third kappa shape index (κ3) is 4.67. The fraction of sp³-hybridized carbons (Fsp3) is 0.700. The molecular weight excluding hydrogens is 330 g/mol. The van der Waals surface area contributed by atoms with Crippen LogP contribution < -0.4 is 0 Å². The molecule has 2 saturated heterocycles. The number of aryl methyl sites for hydroxylation is 2. The van der Waals surface area contributed by atoms with Crippen molar-refractivity contribution in [2.45, 2.75) is 46.0 Å². The predicted octanol–water partition coefficient (Wildman–Crippen LogP) is 2.45. The van der Waals surface area contributed by atoms with Crippen LogP contribution >= 0.6 is 0 Å². The molecule has 0 unspecified atom stereocenters. The van der Waals surface area contributed by atoms with Crippen LogP contribution in [0, 0.1) is 13.8 Å². The number of rotatable bonds is 3. The Labute approximate surface area is 156 Å². The largest absolute Gasteiger partial charge is 0.466 e. The summed E-state index contributed by atoms with van der Waals surface area (Å²) in [6.07, 6.45) is 6.01. The maximum atomic E-state index is 12.7. The van der Waals surface area contributed by atoms with E-state index in [1.807, 2.05) is 29.7 Å². The van der Waals surface area contributed by atoms with Gasteiger partial charge >= 0.3 is 0 Å². The minimum absolute atomic E-state index is 0.0362. The number of hydrogen-bond acceptors (Lipinski definition) is 4. The predicted molar refractivity (Wildman–Crippen MR) is 100 cm³/mol. The van der Waals surface area contributed by atoms with E-state index in [9.17, 15) is 9.59 Å². The summed E-state index contributed by atoms with van der Waals surface area (Å²) in [5.74, 6) is 1.73. The quantitative estimate of drug-likeness (QED) is 0.830. The summed E-state index contributed by atoms with van der Waals surface area (Å²) >= 11 is 0. The lowest BCUT2D eigenvalue weighted by Crippen LogP contribution is -2.51. The molecule has 0 atom stereocenters. The van der Waals surface area contributed by atoms with Crippen molar-refractivity contribution >= 4 is 11.8 Å². The molecule has 0 radical (unpaired) electrons. The zero-order chi connectivity index (χ0) is 18.5. The monoisotopic (exact) mass is 361 g/mol. The lowest BCUT2D eigenvalue weighted by molar-refractivity contribution is -0.133. The second-order valence-corrected chi connectivity index (χ2v) is 7.54. The summed E-state index contributed by atoms with van der Waals surface area (Å²) in [7, 11) is 0. The molecule has 6 heteroatoms. The lowest BCUT2D eigenvalue weighted by atomic mass is 10.1. The summed E-state index contributed by atoms with van der Waals surface area (Å²) in [6, 6.07) is 1.81. The third-order valence-electron chi connectivity index (χ3n) is 5.50. The molecule has 3 rings (SSSR count). The molecule has 2 amide bonds. The van der Waals surface area contributed by atoms with E-state index in [1.54, 1.807) is 0 Å². The summed E-state index contributed by atoms with van der Waals surface area (Å²) in [5.41, 5.74) is 0.660. The Morgan fingerprint density at radius 3 is 2.08 bits per heavy atom. The van der Waals surface area contributed by atoms with Crippen LogP contribution in [0.3, 0.4) is 0 Å². The minimum Gasteiger partial charge on any atom is -0.466 e. The maximum absolute atomic E-state index is 12.7. The Hall–Kier alpha value is -1.82. The number of amides is 2. The molecule has 2 aliphatic heterocycles. The van der Waals surface area contributed by atoms with Gasteiger partial charge in [-0.25, -0.2) is 0 Å². The van der Waals surface area contributed by atoms with Crippen molar-refractivity contribution in [2.75, 3.05) is 45.8 Å². The Kier molecular flexibility index (Phi) is 6.35. The molecule has 144 valence electrons. The van der Waals surface area contributed by atoms with Crippen LogP contribution in [0.1, 0.15) is 54.0 Å².